The Hall–Kier alpha value is -3.16. The van der Waals surface area contributed by atoms with Crippen LogP contribution in [0.4, 0.5) is 11.5 Å². The van der Waals surface area contributed by atoms with Gasteiger partial charge >= 0.3 is 5.97 Å². The van der Waals surface area contributed by atoms with E-state index in [0.29, 0.717) is 25.5 Å². The Morgan fingerprint density at radius 1 is 1.16 bits per heavy atom. The number of hydrogen-bond acceptors (Lipinski definition) is 6. The maximum absolute atomic E-state index is 13.2. The summed E-state index contributed by atoms with van der Waals surface area (Å²) in [6, 6.07) is 8.24. The van der Waals surface area contributed by atoms with Crippen LogP contribution in [-0.4, -0.2) is 40.1 Å². The Labute approximate surface area is 186 Å². The first-order chi connectivity index (χ1) is 15.5. The molecular formula is C24H28N4O4. The van der Waals surface area contributed by atoms with Crippen molar-refractivity contribution in [2.24, 2.45) is 11.3 Å². The van der Waals surface area contributed by atoms with Crippen molar-refractivity contribution in [3.63, 3.8) is 0 Å². The lowest BCUT2D eigenvalue weighted by molar-refractivity contribution is -0.151. The van der Waals surface area contributed by atoms with Crippen LogP contribution in [0.5, 0.6) is 5.88 Å². The highest BCUT2D eigenvalue weighted by Gasteiger charge is 2.48. The zero-order valence-electron chi connectivity index (χ0n) is 18.0. The predicted octanol–water partition coefficient (Wildman–Crippen LogP) is 3.63. The molecule has 2 fully saturated rings. The topological polar surface area (TPSA) is 119 Å². The maximum atomic E-state index is 13.2. The average molecular weight is 437 g/mol. The monoisotopic (exact) mass is 436 g/mol. The second-order valence-electron chi connectivity index (χ2n) is 9.41. The number of anilines is 2. The Morgan fingerprint density at radius 3 is 2.56 bits per heavy atom. The van der Waals surface area contributed by atoms with Crippen molar-refractivity contribution in [1.29, 1.82) is 0 Å². The van der Waals surface area contributed by atoms with E-state index in [9.17, 15) is 14.7 Å². The van der Waals surface area contributed by atoms with Crippen LogP contribution in [0.15, 0.2) is 30.6 Å². The van der Waals surface area contributed by atoms with Crippen molar-refractivity contribution in [3.05, 3.63) is 41.7 Å². The van der Waals surface area contributed by atoms with E-state index < -0.39 is 5.97 Å². The maximum Gasteiger partial charge on any atom is 0.306 e. The summed E-state index contributed by atoms with van der Waals surface area (Å²) in [5, 5.41) is 9.18. The van der Waals surface area contributed by atoms with Gasteiger partial charge in [-0.05, 0) is 74.0 Å². The Kier molecular flexibility index (Phi) is 5.23. The number of carbonyl (C=O) groups is 2. The minimum absolute atomic E-state index is 0.126. The Balaban J connectivity index is 1.28. The number of aromatic nitrogens is 2. The summed E-state index contributed by atoms with van der Waals surface area (Å²) in [4.78, 5) is 34.2. The molecule has 32 heavy (non-hydrogen) atoms. The molecule has 2 heterocycles. The summed E-state index contributed by atoms with van der Waals surface area (Å²) < 4.78 is 5.60. The van der Waals surface area contributed by atoms with Crippen LogP contribution in [0.25, 0.3) is 0 Å². The van der Waals surface area contributed by atoms with E-state index in [1.807, 2.05) is 12.1 Å². The van der Waals surface area contributed by atoms with Gasteiger partial charge in [0.15, 0.2) is 0 Å². The number of nitrogens with zero attached hydrogens (tertiary/aromatic N) is 3. The minimum atomic E-state index is -0.644. The SMILES string of the molecule is Nc1ncnc2c1C(=O)N(c1ccc(C3CCC4(CC3)CC(C(=O)O)C4)cc1)CCCO2. The number of carbonyl (C=O) groups excluding carboxylic acids is 1. The standard InChI is InChI=1S/C24H28N4O4/c25-20-19-21(27-14-26-20)32-11-1-10-28(22(19)29)18-4-2-15(3-5-18)16-6-8-24(9-7-16)12-17(13-24)23(30)31/h2-5,14,16-17H,1,6-13H2,(H,30,31)(H2,25,26,27). The molecule has 0 saturated heterocycles. The Bertz CT molecular complexity index is 1020. The zero-order chi connectivity index (χ0) is 22.3. The number of benzene rings is 1. The normalized spacial score (nSPS) is 27.6. The summed E-state index contributed by atoms with van der Waals surface area (Å²) in [6.45, 7) is 0.987. The Morgan fingerprint density at radius 2 is 1.88 bits per heavy atom. The molecule has 1 amide bonds. The van der Waals surface area contributed by atoms with Crippen LogP contribution in [-0.2, 0) is 4.79 Å². The van der Waals surface area contributed by atoms with Gasteiger partial charge in [0.2, 0.25) is 5.88 Å². The molecule has 0 radical (unpaired) electrons. The third kappa shape index (κ3) is 3.67. The summed E-state index contributed by atoms with van der Waals surface area (Å²) in [6.07, 6.45) is 8.06. The lowest BCUT2D eigenvalue weighted by Gasteiger charge is -2.50. The molecule has 0 bridgehead atoms. The molecule has 8 nitrogen and oxygen atoms in total. The van der Waals surface area contributed by atoms with Gasteiger partial charge in [0.25, 0.3) is 5.91 Å². The smallest absolute Gasteiger partial charge is 0.306 e. The highest BCUT2D eigenvalue weighted by atomic mass is 16.5. The third-order valence-corrected chi connectivity index (χ3v) is 7.50. The average Bonchev–Trinajstić information content (AvgIpc) is 2.76. The van der Waals surface area contributed by atoms with Crippen molar-refractivity contribution >= 4 is 23.4 Å². The van der Waals surface area contributed by atoms with Gasteiger partial charge in [0.05, 0.1) is 12.5 Å². The third-order valence-electron chi connectivity index (χ3n) is 7.50. The minimum Gasteiger partial charge on any atom is -0.481 e. The molecule has 1 aromatic carbocycles. The fourth-order valence-electron chi connectivity index (χ4n) is 5.63. The molecule has 3 aliphatic rings. The van der Waals surface area contributed by atoms with Crippen LogP contribution in [0.3, 0.4) is 0 Å². The summed E-state index contributed by atoms with van der Waals surface area (Å²) in [7, 11) is 0. The zero-order valence-corrected chi connectivity index (χ0v) is 18.0. The second-order valence-corrected chi connectivity index (χ2v) is 9.41. The number of nitrogen functional groups attached to an aromatic ring is 1. The molecule has 2 aliphatic carbocycles. The number of amides is 1. The molecule has 2 saturated carbocycles. The van der Waals surface area contributed by atoms with E-state index >= 15 is 0 Å². The quantitative estimate of drug-likeness (QED) is 0.754. The van der Waals surface area contributed by atoms with Gasteiger partial charge in [-0.1, -0.05) is 12.1 Å². The lowest BCUT2D eigenvalue weighted by atomic mass is 9.54. The van der Waals surface area contributed by atoms with Gasteiger partial charge in [-0.2, -0.15) is 0 Å². The molecule has 3 N–H and O–H groups in total. The number of nitrogens with two attached hydrogens (primary N) is 1. The first kappa shape index (κ1) is 20.7. The van der Waals surface area contributed by atoms with Gasteiger partial charge in [-0.25, -0.2) is 9.97 Å². The highest BCUT2D eigenvalue weighted by molar-refractivity contribution is 6.10. The number of ether oxygens (including phenoxy) is 1. The van der Waals surface area contributed by atoms with E-state index in [1.165, 1.54) is 11.9 Å². The molecule has 2 aromatic rings. The van der Waals surface area contributed by atoms with E-state index in [2.05, 4.69) is 22.1 Å². The number of aliphatic carboxylic acids is 1. The molecule has 1 aromatic heterocycles. The molecule has 1 aliphatic heterocycles. The van der Waals surface area contributed by atoms with Gasteiger partial charge in [-0.3, -0.25) is 9.59 Å². The fourth-order valence-corrected chi connectivity index (χ4v) is 5.63. The van der Waals surface area contributed by atoms with Crippen LogP contribution >= 0.6 is 0 Å². The van der Waals surface area contributed by atoms with E-state index in [4.69, 9.17) is 10.5 Å². The summed E-state index contributed by atoms with van der Waals surface area (Å²) in [5.74, 6) is -0.185. The van der Waals surface area contributed by atoms with Gasteiger partial charge in [0, 0.05) is 12.2 Å². The van der Waals surface area contributed by atoms with Gasteiger partial charge in [0.1, 0.15) is 17.7 Å². The van der Waals surface area contributed by atoms with Crippen molar-refractivity contribution < 1.29 is 19.4 Å². The van der Waals surface area contributed by atoms with Crippen molar-refractivity contribution in [2.45, 2.75) is 50.9 Å². The van der Waals surface area contributed by atoms with Crippen LogP contribution < -0.4 is 15.4 Å². The van der Waals surface area contributed by atoms with Gasteiger partial charge in [-0.15, -0.1) is 0 Å². The predicted molar refractivity (Wildman–Crippen MR) is 119 cm³/mol. The van der Waals surface area contributed by atoms with Gasteiger partial charge < -0.3 is 20.5 Å². The summed E-state index contributed by atoms with van der Waals surface area (Å²) in [5.41, 5.74) is 8.55. The lowest BCUT2D eigenvalue weighted by Crippen LogP contribution is -2.43. The number of fused-ring (bicyclic) bond motifs is 1. The molecular weight excluding hydrogens is 408 g/mol. The number of carboxylic acids is 1. The van der Waals surface area contributed by atoms with Crippen LogP contribution in [0.2, 0.25) is 0 Å². The molecule has 5 rings (SSSR count). The second kappa shape index (κ2) is 8.07. The number of rotatable bonds is 3. The van der Waals surface area contributed by atoms with E-state index in [1.54, 1.807) is 4.90 Å². The molecule has 1 spiro atoms. The number of hydrogen-bond donors (Lipinski definition) is 2. The van der Waals surface area contributed by atoms with E-state index in [0.717, 1.165) is 44.2 Å². The first-order valence-electron chi connectivity index (χ1n) is 11.3. The van der Waals surface area contributed by atoms with Crippen molar-refractivity contribution in [1.82, 2.24) is 9.97 Å². The highest BCUT2D eigenvalue weighted by Crippen LogP contribution is 2.57. The van der Waals surface area contributed by atoms with Crippen molar-refractivity contribution in [2.75, 3.05) is 23.8 Å². The van der Waals surface area contributed by atoms with E-state index in [-0.39, 0.29) is 34.5 Å². The molecule has 0 atom stereocenters. The van der Waals surface area contributed by atoms with Crippen LogP contribution in [0, 0.1) is 11.3 Å². The first-order valence-corrected chi connectivity index (χ1v) is 11.3. The fraction of sp³-hybridized carbons (Fsp3) is 0.500. The molecule has 0 unspecified atom stereocenters. The molecule has 8 heteroatoms. The summed E-state index contributed by atoms with van der Waals surface area (Å²) >= 11 is 0. The number of carboxylic acid groups (broad SMARTS) is 1. The van der Waals surface area contributed by atoms with Crippen LogP contribution in [0.1, 0.15) is 66.8 Å². The largest absolute Gasteiger partial charge is 0.481 e. The van der Waals surface area contributed by atoms with Crippen molar-refractivity contribution in [3.8, 4) is 5.88 Å². The molecule has 168 valence electrons.